The number of imide groups is 1. The van der Waals surface area contributed by atoms with Gasteiger partial charge in [0, 0.05) is 6.54 Å². The molecule has 1 N–H and O–H groups in total. The Labute approximate surface area is 83.1 Å². The molecule has 0 aromatic rings. The number of urea groups is 1. The zero-order valence-corrected chi connectivity index (χ0v) is 8.51. The van der Waals surface area contributed by atoms with Crippen LogP contribution in [0.25, 0.3) is 0 Å². The zero-order chi connectivity index (χ0) is 9.84. The number of thiol groups is 1. The van der Waals surface area contributed by atoms with E-state index in [0.29, 0.717) is 18.2 Å². The summed E-state index contributed by atoms with van der Waals surface area (Å²) >= 11 is 4.16. The minimum Gasteiger partial charge on any atom is -0.329 e. The van der Waals surface area contributed by atoms with Crippen LogP contribution in [-0.2, 0) is 4.79 Å². The molecular weight excluding hydrogens is 188 g/mol. The van der Waals surface area contributed by atoms with E-state index >= 15 is 0 Å². The third kappa shape index (κ3) is 2.37. The first-order chi connectivity index (χ1) is 6.19. The van der Waals surface area contributed by atoms with Crippen molar-refractivity contribution in [1.82, 2.24) is 10.2 Å². The van der Waals surface area contributed by atoms with Crippen LogP contribution < -0.4 is 5.32 Å². The second kappa shape index (κ2) is 4.50. The predicted octanol–water partition coefficient (Wildman–Crippen LogP) is 0.494. The standard InChI is InChI=1S/C8H14N2O2S/c1-2-6(5-13)4-10-7(11)3-9-8(10)12/h6,13H,2-5H2,1H3,(H,9,12). The second-order valence-corrected chi connectivity index (χ2v) is 3.49. The maximum atomic E-state index is 11.2. The van der Waals surface area contributed by atoms with Crippen molar-refractivity contribution in [3.05, 3.63) is 0 Å². The average molecular weight is 202 g/mol. The predicted molar refractivity (Wildman–Crippen MR) is 52.7 cm³/mol. The number of hydrogen-bond acceptors (Lipinski definition) is 3. The maximum Gasteiger partial charge on any atom is 0.324 e. The Balaban J connectivity index is 2.51. The molecule has 1 rings (SSSR count). The summed E-state index contributed by atoms with van der Waals surface area (Å²) in [4.78, 5) is 23.6. The van der Waals surface area contributed by atoms with Gasteiger partial charge in [0.15, 0.2) is 0 Å². The molecule has 0 bridgehead atoms. The highest BCUT2D eigenvalue weighted by molar-refractivity contribution is 7.80. The van der Waals surface area contributed by atoms with Gasteiger partial charge in [-0.1, -0.05) is 13.3 Å². The monoisotopic (exact) mass is 202 g/mol. The van der Waals surface area contributed by atoms with Crippen LogP contribution in [0, 0.1) is 5.92 Å². The molecule has 0 aromatic carbocycles. The van der Waals surface area contributed by atoms with Crippen molar-refractivity contribution in [2.24, 2.45) is 5.92 Å². The highest BCUT2D eigenvalue weighted by Gasteiger charge is 2.29. The van der Waals surface area contributed by atoms with E-state index in [9.17, 15) is 9.59 Å². The molecular formula is C8H14N2O2S. The van der Waals surface area contributed by atoms with Crippen LogP contribution in [0.4, 0.5) is 4.79 Å². The normalized spacial score (nSPS) is 19.1. The van der Waals surface area contributed by atoms with Crippen molar-refractivity contribution in [2.75, 3.05) is 18.8 Å². The Morgan fingerprint density at radius 1 is 1.62 bits per heavy atom. The molecule has 13 heavy (non-hydrogen) atoms. The lowest BCUT2D eigenvalue weighted by Crippen LogP contribution is -2.35. The highest BCUT2D eigenvalue weighted by Crippen LogP contribution is 2.10. The number of nitrogens with zero attached hydrogens (tertiary/aromatic N) is 1. The molecule has 5 heteroatoms. The number of rotatable bonds is 4. The van der Waals surface area contributed by atoms with Crippen molar-refractivity contribution in [3.63, 3.8) is 0 Å². The lowest BCUT2D eigenvalue weighted by atomic mass is 10.1. The van der Waals surface area contributed by atoms with Gasteiger partial charge in [0.2, 0.25) is 5.91 Å². The third-order valence-corrected chi connectivity index (χ3v) is 2.73. The summed E-state index contributed by atoms with van der Waals surface area (Å²) in [7, 11) is 0. The van der Waals surface area contributed by atoms with Gasteiger partial charge in [-0.25, -0.2) is 4.79 Å². The number of amides is 3. The van der Waals surface area contributed by atoms with Crippen LogP contribution in [0.2, 0.25) is 0 Å². The Kier molecular flexibility index (Phi) is 3.59. The fraction of sp³-hybridized carbons (Fsp3) is 0.750. The number of hydrogen-bond donors (Lipinski definition) is 2. The van der Waals surface area contributed by atoms with E-state index in [0.717, 1.165) is 6.42 Å². The maximum absolute atomic E-state index is 11.2. The fourth-order valence-corrected chi connectivity index (χ4v) is 1.59. The minimum absolute atomic E-state index is 0.134. The van der Waals surface area contributed by atoms with Gasteiger partial charge in [-0.2, -0.15) is 12.6 Å². The first-order valence-electron chi connectivity index (χ1n) is 4.38. The Morgan fingerprint density at radius 3 is 2.69 bits per heavy atom. The van der Waals surface area contributed by atoms with Gasteiger partial charge < -0.3 is 5.32 Å². The van der Waals surface area contributed by atoms with E-state index in [1.165, 1.54) is 4.90 Å². The van der Waals surface area contributed by atoms with E-state index in [-0.39, 0.29) is 18.5 Å². The first-order valence-corrected chi connectivity index (χ1v) is 5.01. The molecule has 1 aliphatic heterocycles. The quantitative estimate of drug-likeness (QED) is 0.515. The van der Waals surface area contributed by atoms with Gasteiger partial charge >= 0.3 is 6.03 Å². The lowest BCUT2D eigenvalue weighted by molar-refractivity contribution is -0.125. The topological polar surface area (TPSA) is 49.4 Å². The van der Waals surface area contributed by atoms with E-state index in [1.54, 1.807) is 0 Å². The molecule has 1 fully saturated rings. The van der Waals surface area contributed by atoms with Crippen LogP contribution in [0.5, 0.6) is 0 Å². The van der Waals surface area contributed by atoms with Crippen molar-refractivity contribution in [1.29, 1.82) is 0 Å². The van der Waals surface area contributed by atoms with Gasteiger partial charge in [0.1, 0.15) is 0 Å². The van der Waals surface area contributed by atoms with Gasteiger partial charge in [-0.05, 0) is 11.7 Å². The number of nitrogens with one attached hydrogen (secondary N) is 1. The third-order valence-electron chi connectivity index (χ3n) is 2.21. The molecule has 1 atom stereocenters. The lowest BCUT2D eigenvalue weighted by Gasteiger charge is -2.18. The molecule has 1 aliphatic rings. The molecule has 1 heterocycles. The van der Waals surface area contributed by atoms with E-state index in [2.05, 4.69) is 17.9 Å². The van der Waals surface area contributed by atoms with Crippen molar-refractivity contribution in [3.8, 4) is 0 Å². The molecule has 0 spiro atoms. The van der Waals surface area contributed by atoms with Crippen LogP contribution in [0.3, 0.4) is 0 Å². The summed E-state index contributed by atoms with van der Waals surface area (Å²) in [5.41, 5.74) is 0. The van der Waals surface area contributed by atoms with Crippen LogP contribution in [-0.4, -0.2) is 35.7 Å². The van der Waals surface area contributed by atoms with Crippen LogP contribution in [0.1, 0.15) is 13.3 Å². The molecule has 3 amide bonds. The van der Waals surface area contributed by atoms with E-state index < -0.39 is 0 Å². The molecule has 1 unspecified atom stereocenters. The SMILES string of the molecule is CCC(CS)CN1C(=O)CNC1=O. The van der Waals surface area contributed by atoms with E-state index in [1.807, 2.05) is 6.92 Å². The van der Waals surface area contributed by atoms with Gasteiger partial charge in [-0.15, -0.1) is 0 Å². The summed E-state index contributed by atoms with van der Waals surface area (Å²) in [6.45, 7) is 2.66. The Hall–Kier alpha value is -0.710. The molecule has 0 radical (unpaired) electrons. The summed E-state index contributed by atoms with van der Waals surface area (Å²) < 4.78 is 0. The molecule has 4 nitrogen and oxygen atoms in total. The molecule has 0 aromatic heterocycles. The minimum atomic E-state index is -0.273. The van der Waals surface area contributed by atoms with Gasteiger partial charge in [-0.3, -0.25) is 9.69 Å². The fourth-order valence-electron chi connectivity index (χ4n) is 1.21. The summed E-state index contributed by atoms with van der Waals surface area (Å²) in [5, 5.41) is 2.49. The highest BCUT2D eigenvalue weighted by atomic mass is 32.1. The average Bonchev–Trinajstić information content (AvgIpc) is 2.44. The van der Waals surface area contributed by atoms with E-state index in [4.69, 9.17) is 0 Å². The summed E-state index contributed by atoms with van der Waals surface area (Å²) in [6, 6.07) is -0.273. The number of carbonyl (C=O) groups excluding carboxylic acids is 2. The molecule has 0 aliphatic carbocycles. The summed E-state index contributed by atoms with van der Waals surface area (Å²) in [5.74, 6) is 0.870. The van der Waals surface area contributed by atoms with Gasteiger partial charge in [0.25, 0.3) is 0 Å². The van der Waals surface area contributed by atoms with Crippen molar-refractivity contribution in [2.45, 2.75) is 13.3 Å². The van der Waals surface area contributed by atoms with Gasteiger partial charge in [0.05, 0.1) is 6.54 Å². The second-order valence-electron chi connectivity index (χ2n) is 3.12. The largest absolute Gasteiger partial charge is 0.329 e. The van der Waals surface area contributed by atoms with Crippen molar-refractivity contribution < 1.29 is 9.59 Å². The van der Waals surface area contributed by atoms with Crippen LogP contribution >= 0.6 is 12.6 Å². The Bertz CT molecular complexity index is 200. The van der Waals surface area contributed by atoms with Crippen molar-refractivity contribution >= 4 is 24.6 Å². The molecule has 0 saturated carbocycles. The zero-order valence-electron chi connectivity index (χ0n) is 7.62. The first kappa shape index (κ1) is 10.4. The Morgan fingerprint density at radius 2 is 2.31 bits per heavy atom. The molecule has 1 saturated heterocycles. The van der Waals surface area contributed by atoms with Crippen LogP contribution in [0.15, 0.2) is 0 Å². The molecule has 74 valence electrons. The smallest absolute Gasteiger partial charge is 0.324 e. The summed E-state index contributed by atoms with van der Waals surface area (Å²) in [6.07, 6.45) is 0.931. The number of carbonyl (C=O) groups is 2.